The second kappa shape index (κ2) is 4.06. The molecule has 0 saturated carbocycles. The molecule has 0 spiro atoms. The molecule has 1 rings (SSSR count). The molecule has 68 valence electrons. The quantitative estimate of drug-likeness (QED) is 0.679. The number of benzene rings is 1. The van der Waals surface area contributed by atoms with Gasteiger partial charge < -0.3 is 5.11 Å². The molecule has 0 fully saturated rings. The minimum Gasteiger partial charge on any atom is -0.478 e. The van der Waals surface area contributed by atoms with Crippen LogP contribution in [-0.2, 0) is 0 Å². The Morgan fingerprint density at radius 2 is 2.21 bits per heavy atom. The number of carboxylic acids is 1. The van der Waals surface area contributed by atoms with Gasteiger partial charge in [-0.3, -0.25) is 0 Å². The summed E-state index contributed by atoms with van der Waals surface area (Å²) in [5.41, 5.74) is -0.541. The molecule has 0 unspecified atom stereocenters. The molecule has 0 radical (unpaired) electrons. The van der Waals surface area contributed by atoms with Crippen LogP contribution in [0, 0.1) is 29.0 Å². The molecule has 1 aromatic carbocycles. The summed E-state index contributed by atoms with van der Waals surface area (Å²) in [6.45, 7) is 0. The highest BCUT2D eigenvalue weighted by molar-refractivity contribution is 5.88. The lowest BCUT2D eigenvalue weighted by molar-refractivity contribution is 0.0692. The number of carboxylic acid groups (broad SMARTS) is 1. The van der Waals surface area contributed by atoms with Gasteiger partial charge >= 0.3 is 5.97 Å². The zero-order valence-corrected chi connectivity index (χ0v) is 6.91. The average Bonchev–Trinajstić information content (AvgIpc) is 2.16. The minimum atomic E-state index is -1.36. The van der Waals surface area contributed by atoms with E-state index in [1.807, 2.05) is 5.92 Å². The normalized spacial score (nSPS) is 8.29. The maximum atomic E-state index is 13.3. The zero-order valence-electron chi connectivity index (χ0n) is 6.91. The van der Waals surface area contributed by atoms with Crippen LogP contribution in [0.1, 0.15) is 15.9 Å². The van der Waals surface area contributed by atoms with Crippen molar-refractivity contribution in [1.29, 1.82) is 5.26 Å². The van der Waals surface area contributed by atoms with Crippen LogP contribution in [0.4, 0.5) is 4.39 Å². The van der Waals surface area contributed by atoms with Gasteiger partial charge in [0.15, 0.2) is 11.9 Å². The molecule has 0 saturated heterocycles. The average molecular weight is 189 g/mol. The highest BCUT2D eigenvalue weighted by Crippen LogP contribution is 2.11. The minimum absolute atomic E-state index is 0.0912. The lowest BCUT2D eigenvalue weighted by Crippen LogP contribution is -2.01. The lowest BCUT2D eigenvalue weighted by Gasteiger charge is -1.98. The third-order valence-electron chi connectivity index (χ3n) is 1.48. The number of aromatic carboxylic acids is 1. The Kier molecular flexibility index (Phi) is 2.83. The largest absolute Gasteiger partial charge is 0.478 e. The number of carbonyl (C=O) groups is 1. The summed E-state index contributed by atoms with van der Waals surface area (Å²) in [6, 6.07) is 5.33. The van der Waals surface area contributed by atoms with Gasteiger partial charge in [-0.2, -0.15) is 5.26 Å². The first-order chi connectivity index (χ1) is 6.66. The molecule has 4 heteroatoms. The SMILES string of the molecule is N#CC#Cc1cccc(C(=O)O)c1F. The van der Waals surface area contributed by atoms with Gasteiger partial charge in [0.25, 0.3) is 0 Å². The van der Waals surface area contributed by atoms with Crippen molar-refractivity contribution in [2.45, 2.75) is 0 Å². The third kappa shape index (κ3) is 1.88. The van der Waals surface area contributed by atoms with Gasteiger partial charge in [0.2, 0.25) is 0 Å². The summed E-state index contributed by atoms with van der Waals surface area (Å²) < 4.78 is 13.3. The molecule has 0 bridgehead atoms. The molecule has 0 aliphatic heterocycles. The summed E-state index contributed by atoms with van der Waals surface area (Å²) in [4.78, 5) is 10.5. The van der Waals surface area contributed by atoms with Crippen LogP contribution >= 0.6 is 0 Å². The molecule has 0 amide bonds. The highest BCUT2D eigenvalue weighted by Gasteiger charge is 2.11. The Balaban J connectivity index is 3.29. The van der Waals surface area contributed by atoms with Crippen molar-refractivity contribution in [2.24, 2.45) is 0 Å². The van der Waals surface area contributed by atoms with E-state index in [0.717, 1.165) is 6.07 Å². The predicted octanol–water partition coefficient (Wildman–Crippen LogP) is 1.40. The number of rotatable bonds is 1. The topological polar surface area (TPSA) is 61.1 Å². The van der Waals surface area contributed by atoms with Crippen molar-refractivity contribution in [1.82, 2.24) is 0 Å². The molecule has 0 aliphatic carbocycles. The van der Waals surface area contributed by atoms with E-state index in [2.05, 4.69) is 5.92 Å². The van der Waals surface area contributed by atoms with E-state index in [1.165, 1.54) is 18.2 Å². The van der Waals surface area contributed by atoms with Gasteiger partial charge in [-0.15, -0.1) is 0 Å². The fourth-order valence-electron chi connectivity index (χ4n) is 0.889. The fraction of sp³-hybridized carbons (Fsp3) is 0. The molecule has 0 aliphatic rings. The van der Waals surface area contributed by atoms with Crippen molar-refractivity contribution < 1.29 is 14.3 Å². The van der Waals surface area contributed by atoms with Gasteiger partial charge in [-0.25, -0.2) is 9.18 Å². The Morgan fingerprint density at radius 1 is 1.50 bits per heavy atom. The van der Waals surface area contributed by atoms with Crippen molar-refractivity contribution >= 4 is 5.97 Å². The number of halogens is 1. The van der Waals surface area contributed by atoms with Crippen LogP contribution in [0.3, 0.4) is 0 Å². The molecule has 14 heavy (non-hydrogen) atoms. The van der Waals surface area contributed by atoms with Gasteiger partial charge in [0.05, 0.1) is 11.1 Å². The summed E-state index contributed by atoms with van der Waals surface area (Å²) in [6.07, 6.45) is 0. The van der Waals surface area contributed by atoms with Crippen LogP contribution in [0.15, 0.2) is 18.2 Å². The smallest absolute Gasteiger partial charge is 0.338 e. The van der Waals surface area contributed by atoms with Crippen molar-refractivity contribution in [3.05, 3.63) is 35.1 Å². The second-order valence-corrected chi connectivity index (χ2v) is 2.33. The van der Waals surface area contributed by atoms with Gasteiger partial charge in [0.1, 0.15) is 0 Å². The molecule has 0 heterocycles. The zero-order chi connectivity index (χ0) is 10.6. The molecule has 1 N–H and O–H groups in total. The Labute approximate surface area is 79.4 Å². The number of nitriles is 1. The number of hydrogen-bond donors (Lipinski definition) is 1. The molecule has 3 nitrogen and oxygen atoms in total. The lowest BCUT2D eigenvalue weighted by atomic mass is 10.1. The Bertz CT molecular complexity index is 477. The number of nitrogens with zero attached hydrogens (tertiary/aromatic N) is 1. The molecule has 1 aromatic rings. The van der Waals surface area contributed by atoms with Crippen LogP contribution in [0.25, 0.3) is 0 Å². The third-order valence-corrected chi connectivity index (χ3v) is 1.48. The van der Waals surface area contributed by atoms with Crippen molar-refractivity contribution in [2.75, 3.05) is 0 Å². The van der Waals surface area contributed by atoms with E-state index in [-0.39, 0.29) is 5.56 Å². The van der Waals surface area contributed by atoms with Gasteiger partial charge in [0, 0.05) is 5.92 Å². The van der Waals surface area contributed by atoms with Crippen LogP contribution < -0.4 is 0 Å². The van der Waals surface area contributed by atoms with E-state index in [9.17, 15) is 9.18 Å². The van der Waals surface area contributed by atoms with Gasteiger partial charge in [-0.1, -0.05) is 6.07 Å². The molecule has 0 aromatic heterocycles. The predicted molar refractivity (Wildman–Crippen MR) is 45.9 cm³/mol. The van der Waals surface area contributed by atoms with E-state index < -0.39 is 17.3 Å². The maximum Gasteiger partial charge on any atom is 0.338 e. The molecular weight excluding hydrogens is 185 g/mol. The Morgan fingerprint density at radius 3 is 2.79 bits per heavy atom. The first kappa shape index (κ1) is 9.76. The van der Waals surface area contributed by atoms with Crippen LogP contribution in [0.5, 0.6) is 0 Å². The monoisotopic (exact) mass is 189 g/mol. The summed E-state index contributed by atoms with van der Waals surface area (Å²) in [5, 5.41) is 16.7. The van der Waals surface area contributed by atoms with E-state index in [0.29, 0.717) is 0 Å². The highest BCUT2D eigenvalue weighted by atomic mass is 19.1. The van der Waals surface area contributed by atoms with E-state index in [4.69, 9.17) is 10.4 Å². The second-order valence-electron chi connectivity index (χ2n) is 2.33. The summed E-state index contributed by atoms with van der Waals surface area (Å²) >= 11 is 0. The van der Waals surface area contributed by atoms with Gasteiger partial charge in [-0.05, 0) is 18.1 Å². The maximum absolute atomic E-state index is 13.3. The van der Waals surface area contributed by atoms with Crippen LogP contribution in [-0.4, -0.2) is 11.1 Å². The number of hydrogen-bond acceptors (Lipinski definition) is 2. The van der Waals surface area contributed by atoms with Crippen molar-refractivity contribution in [3.8, 4) is 17.9 Å². The summed E-state index contributed by atoms with van der Waals surface area (Å²) in [5.74, 6) is 1.93. The fourth-order valence-corrected chi connectivity index (χ4v) is 0.889. The summed E-state index contributed by atoms with van der Waals surface area (Å²) in [7, 11) is 0. The standard InChI is InChI=1S/C10H4FNO2/c11-9-7(4-2-6-12)3-1-5-8(9)10(13)14/h1,3,5H,(H,13,14). The van der Waals surface area contributed by atoms with Crippen LogP contribution in [0.2, 0.25) is 0 Å². The van der Waals surface area contributed by atoms with E-state index >= 15 is 0 Å². The van der Waals surface area contributed by atoms with Crippen molar-refractivity contribution in [3.63, 3.8) is 0 Å². The van der Waals surface area contributed by atoms with E-state index in [1.54, 1.807) is 0 Å². The first-order valence-electron chi connectivity index (χ1n) is 3.58. The molecule has 0 atom stereocenters. The first-order valence-corrected chi connectivity index (χ1v) is 3.58. The Hall–Kier alpha value is -2.33. The molecular formula is C10H4FNO2.